The van der Waals surface area contributed by atoms with E-state index in [1.807, 2.05) is 0 Å². The molecular weight excluding hydrogens is 2050 g/mol. The quantitative estimate of drug-likeness (QED) is 0.0199. The van der Waals surface area contributed by atoms with Gasteiger partial charge in [-0.2, -0.15) is 118 Å². The molecule has 4 fully saturated rings. The van der Waals surface area contributed by atoms with Crippen LogP contribution in [-0.4, -0.2) is 400 Å². The van der Waals surface area contributed by atoms with Gasteiger partial charge in [0.2, 0.25) is 0 Å². The van der Waals surface area contributed by atoms with Gasteiger partial charge >= 0.3 is 146 Å². The molecule has 24 atom stereocenters. The van der Waals surface area contributed by atoms with E-state index in [0.29, 0.717) is 0 Å². The summed E-state index contributed by atoms with van der Waals surface area (Å²) in [6, 6.07) is 0. The van der Waals surface area contributed by atoms with E-state index in [9.17, 15) is 198 Å². The molecule has 4 heterocycles. The van der Waals surface area contributed by atoms with Gasteiger partial charge in [-0.1, -0.05) is 0 Å². The molecule has 14 N–H and O–H groups in total. The lowest BCUT2D eigenvalue weighted by Gasteiger charge is -2.48. The van der Waals surface area contributed by atoms with Crippen LogP contribution < -0.4 is 0 Å². The highest BCUT2D eigenvalue weighted by atomic mass is 32.3. The summed E-state index contributed by atoms with van der Waals surface area (Å²) in [5.41, 5.74) is 0. The molecule has 0 spiro atoms. The van der Waals surface area contributed by atoms with E-state index in [1.54, 1.807) is 0 Å². The van der Waals surface area contributed by atoms with Crippen LogP contribution in [0.1, 0.15) is 0 Å². The second kappa shape index (κ2) is 42.4. The number of ether oxygens (including phenoxy) is 10. The van der Waals surface area contributed by atoms with E-state index >= 15 is 0 Å². The van der Waals surface area contributed by atoms with Crippen LogP contribution in [-0.2, 0) is 282 Å². The maximum Gasteiger partial charge on any atom is 0.397 e. The molecular formula is C32H58O72S16. The van der Waals surface area contributed by atoms with Crippen LogP contribution in [0.5, 0.6) is 0 Å². The summed E-state index contributed by atoms with van der Waals surface area (Å²) in [6.45, 7) is -13.1. The number of rotatable bonds is 51. The standard InChI is InChI=1S/C32H58O72S16/c1-79-15(13(95-111(49,50)51)3-81-29-26(102-118(70,71)72)22(98-114(58,59)60)17(9(87-29)5-83-107(37,38)39)91-31-25(101-117(67,68)69)21(94-106(35)36)19(93-105(33)34)11(89-31)7-85-109(43,44)45)16(80-2)14(96-112(52,53)54)4-82-30-27(103-119(73,74)75)23(99-115(61,62)63)18(10(88-30)6-84-108(40,41)42)92-32-28(104-120(76,77)78)24(100-116(64,65)66)20(97-113(55,56)57)12(90-32)8-86-110(46,47)48/h9-32,105-106H,3-8H2,1-2H3,(H,37,38,39)(H,40,41,42)(H,43,44,45)(H,46,47,48)(H,49,50,51)(H,52,53,54)(H,55,56,57)(H,58,59,60)(H,61,62,63)(H,64,65,66)(H,67,68,69)(H,70,71,72)(H,73,74,75)(H,76,77,78)/t9-,10-,11-,12-,13-,14-,15-,16-,17-,18-,19+,20+,21+,22+,23+,24+,25-,26-,27-,28-,29-,30-,31+,32+/m1/s1. The summed E-state index contributed by atoms with van der Waals surface area (Å²) in [6.07, 6.45) is -81.4. The lowest BCUT2D eigenvalue weighted by molar-refractivity contribution is -0.350. The van der Waals surface area contributed by atoms with E-state index in [1.165, 1.54) is 0 Å². The van der Waals surface area contributed by atoms with Gasteiger partial charge in [-0.05, 0) is 0 Å². The first-order valence-corrected chi connectivity index (χ1v) is 49.9. The maximum absolute atomic E-state index is 12.7. The first-order chi connectivity index (χ1) is 53.7. The van der Waals surface area contributed by atoms with Gasteiger partial charge in [0.1, 0.15) is 97.7 Å². The third-order valence-corrected chi connectivity index (χ3v) is 21.0. The molecule has 4 saturated heterocycles. The Labute approximate surface area is 676 Å². The maximum atomic E-state index is 12.7. The molecule has 0 aromatic carbocycles. The molecule has 0 unspecified atom stereocenters. The van der Waals surface area contributed by atoms with Gasteiger partial charge in [0.15, 0.2) is 49.6 Å². The number of methoxy groups -OCH3 is 2. The van der Waals surface area contributed by atoms with Crippen molar-refractivity contribution in [2.45, 2.75) is 147 Å². The molecule has 88 heteroatoms. The molecule has 714 valence electrons. The predicted octanol–water partition coefficient (Wildman–Crippen LogP) is -14.3. The van der Waals surface area contributed by atoms with Crippen molar-refractivity contribution in [3.63, 3.8) is 0 Å². The molecule has 120 heavy (non-hydrogen) atoms. The Morgan fingerprint density at radius 3 is 0.708 bits per heavy atom. The highest BCUT2D eigenvalue weighted by Crippen LogP contribution is 2.41. The van der Waals surface area contributed by atoms with E-state index in [4.69, 9.17) is 47.4 Å². The molecule has 0 aliphatic carbocycles. The van der Waals surface area contributed by atoms with Crippen molar-refractivity contribution in [1.82, 2.24) is 0 Å². The number of thiol groups is 2. The second-order valence-electron chi connectivity index (χ2n) is 21.9. The van der Waals surface area contributed by atoms with Gasteiger partial charge in [0, 0.05) is 14.2 Å². The van der Waals surface area contributed by atoms with E-state index in [0.717, 1.165) is 0 Å². The largest absolute Gasteiger partial charge is 0.397 e. The van der Waals surface area contributed by atoms with Crippen LogP contribution >= 0.6 is 0 Å². The molecule has 0 amide bonds. The van der Waals surface area contributed by atoms with Crippen molar-refractivity contribution in [2.75, 3.05) is 53.9 Å². The Hall–Kier alpha value is -2.40. The lowest BCUT2D eigenvalue weighted by atomic mass is 9.97. The zero-order valence-electron chi connectivity index (χ0n) is 56.6. The molecule has 4 aliphatic rings. The SMILES string of the molecule is CO[C@@H]([C@H](OC)[C@@H](CO[C@@H]1O[C@H](COS(=O)(=O)O)[C@@H](O[C@@H]2O[C@H](COS(=O)(=O)O)[C@H](OS(=O)(=O)O)[C@H](OS(=O)(=O)O)[C@H]2OS(=O)(=O)O)[C@H](OS(=O)(=O)O)[C@H]1OS(=O)(=O)O)OS(=O)(=O)O)[C@@H](CO[C@@H]1O[C@H](COS(=O)(=O)O)[C@@H](O[C@@H]2O[C@H](COS(=O)(=O)O)[C@H](O[SH](=O)=O)[C@H](O[SH](=O)=O)[C@H]2OS(=O)(=O)O)[C@H](OS(=O)(=O)O)[C@H]1OS(=O)(=O)O)OS(=O)(=O)O. The molecule has 0 saturated carbocycles. The van der Waals surface area contributed by atoms with Gasteiger partial charge in [-0.25, -0.2) is 75.4 Å². The van der Waals surface area contributed by atoms with Crippen LogP contribution in [0, 0.1) is 0 Å². The molecule has 0 aromatic rings. The van der Waals surface area contributed by atoms with Crippen molar-refractivity contribution in [1.29, 1.82) is 0 Å². The third kappa shape index (κ3) is 40.5. The van der Waals surface area contributed by atoms with Crippen LogP contribution in [0.15, 0.2) is 0 Å². The highest BCUT2D eigenvalue weighted by molar-refractivity contribution is 7.84. The first kappa shape index (κ1) is 110. The van der Waals surface area contributed by atoms with Gasteiger partial charge in [0.05, 0.1) is 39.6 Å². The van der Waals surface area contributed by atoms with E-state index < -0.39 is 354 Å². The predicted molar refractivity (Wildman–Crippen MR) is 342 cm³/mol. The van der Waals surface area contributed by atoms with Gasteiger partial charge in [0.25, 0.3) is 22.0 Å². The summed E-state index contributed by atoms with van der Waals surface area (Å²) >= 11 is 0. The minimum absolute atomic E-state index is 0.273. The summed E-state index contributed by atoms with van der Waals surface area (Å²) in [4.78, 5) is 0. The smallest absolute Gasteiger partial charge is 0.376 e. The zero-order chi connectivity index (χ0) is 92.6. The van der Waals surface area contributed by atoms with Crippen molar-refractivity contribution in [3.05, 3.63) is 0 Å². The van der Waals surface area contributed by atoms with Gasteiger partial charge in [-0.15, -0.1) is 0 Å². The summed E-state index contributed by atoms with van der Waals surface area (Å²) in [5, 5.41) is 0. The van der Waals surface area contributed by atoms with Crippen molar-refractivity contribution in [2.24, 2.45) is 0 Å². The Bertz CT molecular complexity index is 5360. The van der Waals surface area contributed by atoms with Crippen molar-refractivity contribution in [3.8, 4) is 0 Å². The average Bonchev–Trinajstić information content (AvgIpc) is 0.759. The van der Waals surface area contributed by atoms with Crippen LogP contribution in [0.2, 0.25) is 0 Å². The monoisotopic (exact) mass is 2110 g/mol. The molecule has 4 aliphatic heterocycles. The Morgan fingerprint density at radius 2 is 0.467 bits per heavy atom. The fraction of sp³-hybridized carbons (Fsp3) is 1.00. The minimum Gasteiger partial charge on any atom is -0.376 e. The van der Waals surface area contributed by atoms with Gasteiger partial charge in [-0.3, -0.25) is 72.1 Å². The fourth-order valence-corrected chi connectivity index (χ4v) is 17.3. The fourth-order valence-electron chi connectivity index (χ4n) is 10.3. The first-order valence-electron chi connectivity index (χ1n) is 28.6. The summed E-state index contributed by atoms with van der Waals surface area (Å²) in [7, 11) is -97.8. The second-order valence-corrected chi connectivity index (χ2v) is 38.1. The Kier molecular flexibility index (Phi) is 38.9. The van der Waals surface area contributed by atoms with Crippen LogP contribution in [0.3, 0.4) is 0 Å². The highest BCUT2D eigenvalue weighted by Gasteiger charge is 2.62. The number of hydrogen-bond donors (Lipinski definition) is 16. The molecule has 0 aromatic heterocycles. The zero-order valence-corrected chi connectivity index (χ0v) is 69.9. The molecule has 0 bridgehead atoms. The Morgan fingerprint density at radius 1 is 0.258 bits per heavy atom. The normalized spacial score (nSPS) is 30.4. The van der Waals surface area contributed by atoms with Crippen LogP contribution in [0.4, 0.5) is 0 Å². The van der Waals surface area contributed by atoms with Crippen molar-refractivity contribution >= 4 is 168 Å². The lowest BCUT2D eigenvalue weighted by Crippen LogP contribution is -2.67. The average molecular weight is 2110 g/mol. The number of hydrogen-bond acceptors (Lipinski definition) is 58. The Balaban J connectivity index is 2.04. The minimum atomic E-state index is -6.67. The van der Waals surface area contributed by atoms with E-state index in [2.05, 4.69) is 66.9 Å². The summed E-state index contributed by atoms with van der Waals surface area (Å²) in [5.74, 6) is 0. The molecule has 72 nitrogen and oxygen atoms in total. The summed E-state index contributed by atoms with van der Waals surface area (Å²) < 4.78 is 651. The molecule has 4 rings (SSSR count). The molecule has 0 radical (unpaired) electrons. The van der Waals surface area contributed by atoms with Crippen LogP contribution in [0.25, 0.3) is 0 Å². The van der Waals surface area contributed by atoms with Crippen molar-refractivity contribution < 1.29 is 313 Å². The topological polar surface area (TPSA) is 1070 Å². The van der Waals surface area contributed by atoms with Gasteiger partial charge < -0.3 is 47.4 Å². The third-order valence-electron chi connectivity index (χ3n) is 13.7. The van der Waals surface area contributed by atoms with E-state index in [-0.39, 0.29) is 14.2 Å².